The smallest absolute Gasteiger partial charge is 0.0681 e. The topological polar surface area (TPSA) is 20.2 Å². The van der Waals surface area contributed by atoms with Crippen LogP contribution < -0.4 is 0 Å². The minimum Gasteiger partial charge on any atom is -0.392 e. The quantitative estimate of drug-likeness (QED) is 0.694. The largest absolute Gasteiger partial charge is 0.392 e. The van der Waals surface area contributed by atoms with Crippen molar-refractivity contribution in [2.24, 2.45) is 5.92 Å². The summed E-state index contributed by atoms with van der Waals surface area (Å²) in [5, 5.41) is 8.82. The standard InChI is InChI=1S/C12H12O.C2H6/c13-9-12-7-5-11(6-8-12)4-3-10-1-2-10;1-2/h5-8,10,13H,1-2,9H2;1-2H3. The molecule has 0 unspecified atom stereocenters. The Kier molecular flexibility index (Phi) is 4.93. The maximum atomic E-state index is 8.82. The van der Waals surface area contributed by atoms with E-state index >= 15 is 0 Å². The van der Waals surface area contributed by atoms with E-state index in [1.165, 1.54) is 12.8 Å². The second kappa shape index (κ2) is 6.27. The Bertz CT molecular complexity index is 336. The van der Waals surface area contributed by atoms with E-state index in [0.717, 1.165) is 11.1 Å². The molecule has 0 bridgehead atoms. The van der Waals surface area contributed by atoms with Gasteiger partial charge in [-0.2, -0.15) is 0 Å². The zero-order chi connectivity index (χ0) is 11.1. The van der Waals surface area contributed by atoms with Crippen LogP contribution in [0.2, 0.25) is 0 Å². The van der Waals surface area contributed by atoms with E-state index in [1.807, 2.05) is 38.1 Å². The monoisotopic (exact) mass is 202 g/mol. The fourth-order valence-corrected chi connectivity index (χ4v) is 1.11. The molecule has 1 aliphatic carbocycles. The molecule has 0 amide bonds. The fraction of sp³-hybridized carbons (Fsp3) is 0.429. The molecule has 0 radical (unpaired) electrons. The SMILES string of the molecule is CC.OCc1ccc(C#CC2CC2)cc1. The van der Waals surface area contributed by atoms with Crippen molar-refractivity contribution >= 4 is 0 Å². The van der Waals surface area contributed by atoms with Crippen molar-refractivity contribution in [2.45, 2.75) is 33.3 Å². The van der Waals surface area contributed by atoms with Crippen LogP contribution in [0.4, 0.5) is 0 Å². The molecule has 1 aromatic rings. The number of aliphatic hydroxyl groups is 1. The lowest BCUT2D eigenvalue weighted by Gasteiger charge is -1.94. The third-order valence-corrected chi connectivity index (χ3v) is 2.13. The van der Waals surface area contributed by atoms with Crippen molar-refractivity contribution in [3.63, 3.8) is 0 Å². The Labute approximate surface area is 92.1 Å². The van der Waals surface area contributed by atoms with Crippen molar-refractivity contribution in [1.29, 1.82) is 0 Å². The second-order valence-electron chi connectivity index (χ2n) is 3.40. The van der Waals surface area contributed by atoms with E-state index < -0.39 is 0 Å². The predicted molar refractivity (Wildman–Crippen MR) is 63.3 cm³/mol. The Hall–Kier alpha value is -1.26. The summed E-state index contributed by atoms with van der Waals surface area (Å²) in [4.78, 5) is 0. The summed E-state index contributed by atoms with van der Waals surface area (Å²) in [6.07, 6.45) is 2.53. The van der Waals surface area contributed by atoms with Crippen LogP contribution in [0, 0.1) is 17.8 Å². The summed E-state index contributed by atoms with van der Waals surface area (Å²) < 4.78 is 0. The first-order chi connectivity index (χ1) is 7.38. The minimum absolute atomic E-state index is 0.107. The number of hydrogen-bond donors (Lipinski definition) is 1. The lowest BCUT2D eigenvalue weighted by Crippen LogP contribution is -1.82. The molecule has 80 valence electrons. The average Bonchev–Trinajstić information content (AvgIpc) is 3.14. The molecular formula is C14H18O. The van der Waals surface area contributed by atoms with E-state index in [4.69, 9.17) is 5.11 Å². The zero-order valence-corrected chi connectivity index (χ0v) is 9.46. The number of aliphatic hydroxyl groups excluding tert-OH is 1. The molecule has 0 saturated heterocycles. The minimum atomic E-state index is 0.107. The molecule has 1 fully saturated rings. The van der Waals surface area contributed by atoms with Gasteiger partial charge in [0.15, 0.2) is 0 Å². The number of rotatable bonds is 1. The third-order valence-electron chi connectivity index (χ3n) is 2.13. The molecule has 1 aliphatic rings. The molecule has 15 heavy (non-hydrogen) atoms. The first kappa shape index (κ1) is 11.8. The highest BCUT2D eigenvalue weighted by molar-refractivity contribution is 5.36. The molecule has 0 atom stereocenters. The van der Waals surface area contributed by atoms with Gasteiger partial charge >= 0.3 is 0 Å². The molecule has 1 aromatic carbocycles. The molecule has 0 aromatic heterocycles. The van der Waals surface area contributed by atoms with E-state index in [9.17, 15) is 0 Å². The van der Waals surface area contributed by atoms with Gasteiger partial charge in [-0.1, -0.05) is 37.8 Å². The lowest BCUT2D eigenvalue weighted by molar-refractivity contribution is 0.282. The van der Waals surface area contributed by atoms with Gasteiger partial charge in [0, 0.05) is 11.5 Å². The second-order valence-corrected chi connectivity index (χ2v) is 3.40. The van der Waals surface area contributed by atoms with Gasteiger partial charge in [0.05, 0.1) is 6.61 Å². The average molecular weight is 202 g/mol. The number of hydrogen-bond acceptors (Lipinski definition) is 1. The summed E-state index contributed by atoms with van der Waals surface area (Å²) >= 11 is 0. The molecule has 1 nitrogen and oxygen atoms in total. The lowest BCUT2D eigenvalue weighted by atomic mass is 10.1. The highest BCUT2D eigenvalue weighted by Gasteiger charge is 2.17. The fourth-order valence-electron chi connectivity index (χ4n) is 1.11. The predicted octanol–water partition coefficient (Wildman–Crippen LogP) is 2.97. The van der Waals surface area contributed by atoms with E-state index in [-0.39, 0.29) is 6.61 Å². The first-order valence-electron chi connectivity index (χ1n) is 5.60. The van der Waals surface area contributed by atoms with Crippen LogP contribution >= 0.6 is 0 Å². The molecule has 1 saturated carbocycles. The molecule has 1 N–H and O–H groups in total. The summed E-state index contributed by atoms with van der Waals surface area (Å²) in [6, 6.07) is 7.75. The molecular weight excluding hydrogens is 184 g/mol. The van der Waals surface area contributed by atoms with Crippen LogP contribution in [0.15, 0.2) is 24.3 Å². The van der Waals surface area contributed by atoms with Gasteiger partial charge < -0.3 is 5.11 Å². The van der Waals surface area contributed by atoms with Crippen LogP contribution in [-0.2, 0) is 6.61 Å². The normalized spacial score (nSPS) is 13.3. The van der Waals surface area contributed by atoms with Crippen LogP contribution in [0.5, 0.6) is 0 Å². The van der Waals surface area contributed by atoms with Crippen molar-refractivity contribution < 1.29 is 5.11 Å². The highest BCUT2D eigenvalue weighted by atomic mass is 16.3. The van der Waals surface area contributed by atoms with Crippen molar-refractivity contribution in [3.05, 3.63) is 35.4 Å². The first-order valence-corrected chi connectivity index (χ1v) is 5.60. The van der Waals surface area contributed by atoms with Crippen LogP contribution in [0.3, 0.4) is 0 Å². The maximum Gasteiger partial charge on any atom is 0.0681 e. The molecule has 0 spiro atoms. The summed E-state index contributed by atoms with van der Waals surface area (Å²) in [5.41, 5.74) is 1.99. The van der Waals surface area contributed by atoms with E-state index in [1.54, 1.807) is 0 Å². The van der Waals surface area contributed by atoms with Gasteiger partial charge in [0.25, 0.3) is 0 Å². The third kappa shape index (κ3) is 4.18. The van der Waals surface area contributed by atoms with Crippen LogP contribution in [-0.4, -0.2) is 5.11 Å². The van der Waals surface area contributed by atoms with Crippen LogP contribution in [0.25, 0.3) is 0 Å². The van der Waals surface area contributed by atoms with Crippen molar-refractivity contribution in [2.75, 3.05) is 0 Å². The van der Waals surface area contributed by atoms with Gasteiger partial charge in [-0.25, -0.2) is 0 Å². The zero-order valence-electron chi connectivity index (χ0n) is 9.46. The van der Waals surface area contributed by atoms with Gasteiger partial charge in [-0.3, -0.25) is 0 Å². The van der Waals surface area contributed by atoms with Gasteiger partial charge in [0.2, 0.25) is 0 Å². The Morgan fingerprint density at radius 3 is 2.27 bits per heavy atom. The maximum absolute atomic E-state index is 8.82. The number of benzene rings is 1. The summed E-state index contributed by atoms with van der Waals surface area (Å²) in [5.74, 6) is 6.97. The summed E-state index contributed by atoms with van der Waals surface area (Å²) in [6.45, 7) is 4.11. The van der Waals surface area contributed by atoms with E-state index in [2.05, 4.69) is 11.8 Å². The highest BCUT2D eigenvalue weighted by Crippen LogP contribution is 2.27. The van der Waals surface area contributed by atoms with Crippen molar-refractivity contribution in [3.8, 4) is 11.8 Å². The molecule has 0 aliphatic heterocycles. The summed E-state index contributed by atoms with van der Waals surface area (Å²) in [7, 11) is 0. The van der Waals surface area contributed by atoms with Gasteiger partial charge in [-0.15, -0.1) is 0 Å². The molecule has 1 heteroatoms. The molecule has 2 rings (SSSR count). The van der Waals surface area contributed by atoms with Gasteiger partial charge in [0.1, 0.15) is 0 Å². The van der Waals surface area contributed by atoms with E-state index in [0.29, 0.717) is 5.92 Å². The van der Waals surface area contributed by atoms with Crippen molar-refractivity contribution in [1.82, 2.24) is 0 Å². The van der Waals surface area contributed by atoms with Gasteiger partial charge in [-0.05, 0) is 30.5 Å². The molecule has 0 heterocycles. The Morgan fingerprint density at radius 1 is 1.20 bits per heavy atom. The Balaban J connectivity index is 0.000000531. The van der Waals surface area contributed by atoms with Crippen LogP contribution in [0.1, 0.15) is 37.8 Å². The Morgan fingerprint density at radius 2 is 1.80 bits per heavy atom.